The lowest BCUT2D eigenvalue weighted by molar-refractivity contribution is 0.355. The summed E-state index contributed by atoms with van der Waals surface area (Å²) in [7, 11) is 6.51. The lowest BCUT2D eigenvalue weighted by Gasteiger charge is -2.09. The smallest absolute Gasteiger partial charge is 0.164 e. The second kappa shape index (κ2) is 6.97. The van der Waals surface area contributed by atoms with Crippen LogP contribution >= 0.6 is 0 Å². The molecule has 0 saturated carbocycles. The van der Waals surface area contributed by atoms with Gasteiger partial charge in [-0.3, -0.25) is 0 Å². The molecule has 0 N–H and O–H groups in total. The molecule has 0 aliphatic carbocycles. The van der Waals surface area contributed by atoms with Crippen molar-refractivity contribution in [3.8, 4) is 34.3 Å². The summed E-state index contributed by atoms with van der Waals surface area (Å²) in [6.07, 6.45) is 0.812. The molecule has 3 rings (SSSR count). The summed E-state index contributed by atoms with van der Waals surface area (Å²) in [6.45, 7) is 2.10. The number of ether oxygens (including phenoxy) is 4. The number of hydrogen-bond acceptors (Lipinski definition) is 5. The van der Waals surface area contributed by atoms with Crippen LogP contribution in [0.25, 0.3) is 22.3 Å². The van der Waals surface area contributed by atoms with Crippen LogP contribution in [0.15, 0.2) is 34.7 Å². The Labute approximate surface area is 147 Å². The number of benzene rings is 2. The largest absolute Gasteiger partial charge is 0.497 e. The van der Waals surface area contributed by atoms with Crippen molar-refractivity contribution in [2.45, 2.75) is 13.3 Å². The zero-order valence-corrected chi connectivity index (χ0v) is 15.1. The molecule has 2 aromatic carbocycles. The van der Waals surface area contributed by atoms with Crippen molar-refractivity contribution < 1.29 is 23.4 Å². The quantitative estimate of drug-likeness (QED) is 0.650. The molecule has 0 fully saturated rings. The molecule has 0 bridgehead atoms. The molecule has 0 aliphatic heterocycles. The second-order valence-electron chi connectivity index (χ2n) is 5.53. The van der Waals surface area contributed by atoms with Gasteiger partial charge in [-0.2, -0.15) is 0 Å². The Morgan fingerprint density at radius 2 is 1.48 bits per heavy atom. The molecular formula is C20H22O5. The third-order valence-electron chi connectivity index (χ3n) is 4.30. The highest BCUT2D eigenvalue weighted by molar-refractivity contribution is 5.91. The first-order valence-electron chi connectivity index (χ1n) is 8.06. The van der Waals surface area contributed by atoms with Gasteiger partial charge in [0.05, 0.1) is 34.0 Å². The summed E-state index contributed by atoms with van der Waals surface area (Å²) in [5, 5.41) is 1.01. The molecule has 0 unspecified atom stereocenters. The Morgan fingerprint density at radius 1 is 0.800 bits per heavy atom. The van der Waals surface area contributed by atoms with E-state index < -0.39 is 0 Å². The number of rotatable bonds is 6. The highest BCUT2D eigenvalue weighted by Crippen LogP contribution is 2.43. The molecule has 0 saturated heterocycles. The minimum absolute atomic E-state index is 0.639. The average Bonchev–Trinajstić information content (AvgIpc) is 3.03. The van der Waals surface area contributed by atoms with Crippen LogP contribution < -0.4 is 18.9 Å². The molecule has 0 aliphatic rings. The maximum absolute atomic E-state index is 6.18. The average molecular weight is 342 g/mol. The molecule has 1 heterocycles. The van der Waals surface area contributed by atoms with E-state index in [1.54, 1.807) is 28.4 Å². The Morgan fingerprint density at radius 3 is 2.08 bits per heavy atom. The third-order valence-corrected chi connectivity index (χ3v) is 4.30. The van der Waals surface area contributed by atoms with E-state index >= 15 is 0 Å². The van der Waals surface area contributed by atoms with Gasteiger partial charge in [-0.25, -0.2) is 0 Å². The Kier molecular flexibility index (Phi) is 4.74. The molecular weight excluding hydrogens is 320 g/mol. The van der Waals surface area contributed by atoms with E-state index in [0.717, 1.165) is 40.0 Å². The van der Waals surface area contributed by atoms with Crippen molar-refractivity contribution in [2.24, 2.45) is 0 Å². The fourth-order valence-electron chi connectivity index (χ4n) is 3.03. The summed E-state index contributed by atoms with van der Waals surface area (Å²) in [5.74, 6) is 3.54. The van der Waals surface area contributed by atoms with Gasteiger partial charge in [0.25, 0.3) is 0 Å². The first-order valence-corrected chi connectivity index (χ1v) is 8.06. The zero-order chi connectivity index (χ0) is 18.0. The van der Waals surface area contributed by atoms with Gasteiger partial charge in [0.1, 0.15) is 22.8 Å². The molecule has 0 radical (unpaired) electrons. The zero-order valence-electron chi connectivity index (χ0n) is 15.1. The van der Waals surface area contributed by atoms with Crippen molar-refractivity contribution in [1.29, 1.82) is 0 Å². The third kappa shape index (κ3) is 2.86. The fourth-order valence-corrected chi connectivity index (χ4v) is 3.03. The van der Waals surface area contributed by atoms with Gasteiger partial charge in [0.2, 0.25) is 0 Å². The minimum Gasteiger partial charge on any atom is -0.497 e. The normalized spacial score (nSPS) is 10.8. The molecule has 25 heavy (non-hydrogen) atoms. The maximum atomic E-state index is 6.18. The van der Waals surface area contributed by atoms with Crippen molar-refractivity contribution in [3.63, 3.8) is 0 Å². The lowest BCUT2D eigenvalue weighted by atomic mass is 10.0. The van der Waals surface area contributed by atoms with Crippen molar-refractivity contribution in [2.75, 3.05) is 28.4 Å². The standard InChI is InChI=1S/C20H22O5/c1-6-13-15-10-18(23-4)19(24-5)11-17(15)25-20(13)14-8-7-12(21-2)9-16(14)22-3/h7-11H,6H2,1-5H3. The summed E-state index contributed by atoms with van der Waals surface area (Å²) in [6, 6.07) is 9.50. The van der Waals surface area contributed by atoms with E-state index in [4.69, 9.17) is 23.4 Å². The molecule has 5 heteroatoms. The van der Waals surface area contributed by atoms with Crippen molar-refractivity contribution in [3.05, 3.63) is 35.9 Å². The summed E-state index contributed by atoms with van der Waals surface area (Å²) < 4.78 is 27.8. The van der Waals surface area contributed by atoms with Gasteiger partial charge >= 0.3 is 0 Å². The maximum Gasteiger partial charge on any atom is 0.164 e. The van der Waals surface area contributed by atoms with Gasteiger partial charge in [0.15, 0.2) is 11.5 Å². The SMILES string of the molecule is CCc1c(-c2ccc(OC)cc2OC)oc2cc(OC)c(OC)cc12. The number of hydrogen-bond donors (Lipinski definition) is 0. The van der Waals surface area contributed by atoms with Crippen LogP contribution in [0.2, 0.25) is 0 Å². The summed E-state index contributed by atoms with van der Waals surface area (Å²) in [5.41, 5.74) is 2.73. The molecule has 0 amide bonds. The molecule has 0 atom stereocenters. The Bertz CT molecular complexity index is 895. The molecule has 132 valence electrons. The number of fused-ring (bicyclic) bond motifs is 1. The van der Waals surface area contributed by atoms with Crippen LogP contribution in [-0.4, -0.2) is 28.4 Å². The van der Waals surface area contributed by atoms with E-state index in [0.29, 0.717) is 17.2 Å². The highest BCUT2D eigenvalue weighted by Gasteiger charge is 2.20. The van der Waals surface area contributed by atoms with E-state index in [2.05, 4.69) is 6.92 Å². The van der Waals surface area contributed by atoms with Crippen LogP contribution in [0.4, 0.5) is 0 Å². The van der Waals surface area contributed by atoms with Crippen LogP contribution in [0.5, 0.6) is 23.0 Å². The topological polar surface area (TPSA) is 50.1 Å². The van der Waals surface area contributed by atoms with Gasteiger partial charge in [0, 0.05) is 23.1 Å². The monoisotopic (exact) mass is 342 g/mol. The fraction of sp³-hybridized carbons (Fsp3) is 0.300. The van der Waals surface area contributed by atoms with Crippen LogP contribution in [0, 0.1) is 0 Å². The van der Waals surface area contributed by atoms with E-state index in [1.165, 1.54) is 0 Å². The lowest BCUT2D eigenvalue weighted by Crippen LogP contribution is -1.92. The van der Waals surface area contributed by atoms with E-state index in [-0.39, 0.29) is 0 Å². The van der Waals surface area contributed by atoms with E-state index in [1.807, 2.05) is 30.3 Å². The highest BCUT2D eigenvalue weighted by atomic mass is 16.5. The van der Waals surface area contributed by atoms with Gasteiger partial charge in [-0.1, -0.05) is 6.92 Å². The first kappa shape index (κ1) is 17.0. The van der Waals surface area contributed by atoms with Crippen LogP contribution in [0.3, 0.4) is 0 Å². The Hall–Kier alpha value is -2.82. The molecule has 1 aromatic heterocycles. The van der Waals surface area contributed by atoms with Crippen LogP contribution in [0.1, 0.15) is 12.5 Å². The molecule has 3 aromatic rings. The Balaban J connectivity index is 2.26. The van der Waals surface area contributed by atoms with Crippen molar-refractivity contribution in [1.82, 2.24) is 0 Å². The first-order chi connectivity index (χ1) is 12.2. The summed E-state index contributed by atoms with van der Waals surface area (Å²) in [4.78, 5) is 0. The molecule has 5 nitrogen and oxygen atoms in total. The number of furan rings is 1. The minimum atomic E-state index is 0.639. The van der Waals surface area contributed by atoms with Gasteiger partial charge in [-0.05, 0) is 24.6 Å². The predicted molar refractivity (Wildman–Crippen MR) is 97.2 cm³/mol. The molecule has 0 spiro atoms. The predicted octanol–water partition coefficient (Wildman–Crippen LogP) is 4.70. The van der Waals surface area contributed by atoms with Gasteiger partial charge in [-0.15, -0.1) is 0 Å². The number of aryl methyl sites for hydroxylation is 1. The second-order valence-corrected chi connectivity index (χ2v) is 5.53. The van der Waals surface area contributed by atoms with Crippen molar-refractivity contribution >= 4 is 11.0 Å². The van der Waals surface area contributed by atoms with E-state index in [9.17, 15) is 0 Å². The summed E-state index contributed by atoms with van der Waals surface area (Å²) >= 11 is 0. The number of methoxy groups -OCH3 is 4. The van der Waals surface area contributed by atoms with Gasteiger partial charge < -0.3 is 23.4 Å². The van der Waals surface area contributed by atoms with Crippen LogP contribution in [-0.2, 0) is 6.42 Å².